The highest BCUT2D eigenvalue weighted by Gasteiger charge is 2.25. The monoisotopic (exact) mass is 170 g/mol. The van der Waals surface area contributed by atoms with Crippen LogP contribution < -0.4 is 0 Å². The zero-order valence-electron chi connectivity index (χ0n) is 8.16. The molecule has 0 heterocycles. The van der Waals surface area contributed by atoms with Crippen LogP contribution in [0.3, 0.4) is 0 Å². The van der Waals surface area contributed by atoms with Crippen LogP contribution in [-0.4, -0.2) is 10.2 Å². The van der Waals surface area contributed by atoms with E-state index in [9.17, 15) is 0 Å². The first kappa shape index (κ1) is 9.31. The Morgan fingerprint density at radius 3 is 2.36 bits per heavy atom. The van der Waals surface area contributed by atoms with Crippen LogP contribution in [-0.2, 0) is 0 Å². The van der Waals surface area contributed by atoms with Crippen LogP contribution in [0.25, 0.3) is 0 Å². The Morgan fingerprint density at radius 2 is 1.82 bits per heavy atom. The Morgan fingerprint density at radius 1 is 1.18 bits per heavy atom. The molecular formula is C10H22Si. The van der Waals surface area contributed by atoms with E-state index in [-0.39, 0.29) is 0 Å². The van der Waals surface area contributed by atoms with E-state index in [1.54, 1.807) is 12.8 Å². The third-order valence-corrected chi connectivity index (χ3v) is 4.69. The molecule has 1 heteroatoms. The lowest BCUT2D eigenvalue weighted by Crippen LogP contribution is -2.16. The van der Waals surface area contributed by atoms with Gasteiger partial charge in [-0.3, -0.25) is 0 Å². The molecule has 1 fully saturated rings. The van der Waals surface area contributed by atoms with Gasteiger partial charge in [-0.1, -0.05) is 58.3 Å². The first-order valence-electron chi connectivity index (χ1n) is 5.27. The second kappa shape index (κ2) is 4.29. The van der Waals surface area contributed by atoms with Crippen molar-refractivity contribution < 1.29 is 0 Å². The van der Waals surface area contributed by atoms with Crippen LogP contribution in [0, 0.1) is 0 Å². The highest BCUT2D eigenvalue weighted by Crippen LogP contribution is 2.43. The van der Waals surface area contributed by atoms with Crippen molar-refractivity contribution in [2.45, 2.75) is 63.3 Å². The first-order chi connectivity index (χ1) is 5.27. The van der Waals surface area contributed by atoms with Crippen LogP contribution in [0.5, 0.6) is 0 Å². The van der Waals surface area contributed by atoms with E-state index in [1.165, 1.54) is 48.8 Å². The molecule has 1 aliphatic carbocycles. The van der Waals surface area contributed by atoms with Crippen molar-refractivity contribution in [1.29, 1.82) is 0 Å². The van der Waals surface area contributed by atoms with Crippen LogP contribution >= 0.6 is 0 Å². The van der Waals surface area contributed by atoms with Gasteiger partial charge in [0.2, 0.25) is 0 Å². The average Bonchev–Trinajstić information content (AvgIpc) is 2.03. The average molecular weight is 170 g/mol. The minimum atomic E-state index is 0.869. The highest BCUT2D eigenvalue weighted by atomic mass is 28.1. The van der Waals surface area contributed by atoms with E-state index in [0.29, 0.717) is 0 Å². The molecule has 0 bridgehead atoms. The summed E-state index contributed by atoms with van der Waals surface area (Å²) < 4.78 is 0. The van der Waals surface area contributed by atoms with Crippen molar-refractivity contribution in [2.75, 3.05) is 0 Å². The number of hydrogen-bond donors (Lipinski definition) is 0. The fraction of sp³-hybridized carbons (Fsp3) is 1.00. The van der Waals surface area contributed by atoms with E-state index in [2.05, 4.69) is 6.92 Å². The van der Waals surface area contributed by atoms with Gasteiger partial charge in [-0.15, -0.1) is 0 Å². The Kier molecular flexibility index (Phi) is 3.63. The summed E-state index contributed by atoms with van der Waals surface area (Å²) in [6.07, 6.45) is 12.1. The second-order valence-corrected chi connectivity index (χ2v) is 6.60. The molecule has 11 heavy (non-hydrogen) atoms. The summed E-state index contributed by atoms with van der Waals surface area (Å²) in [6.45, 7) is 2.31. The molecule has 0 aromatic heterocycles. The van der Waals surface area contributed by atoms with Crippen LogP contribution in [0.15, 0.2) is 0 Å². The van der Waals surface area contributed by atoms with Crippen LogP contribution in [0.1, 0.15) is 58.3 Å². The molecule has 0 spiro atoms. The molecule has 0 aliphatic heterocycles. The summed E-state index contributed by atoms with van der Waals surface area (Å²) in [7, 11) is 1.44. The maximum absolute atomic E-state index is 2.31. The summed E-state index contributed by atoms with van der Waals surface area (Å²) in [6, 6.07) is 0. The lowest BCUT2D eigenvalue weighted by molar-refractivity contribution is 0.351. The minimum Gasteiger partial charge on any atom is -0.0654 e. The molecule has 0 radical (unpaired) electrons. The SMILES string of the molecule is CCCCC1([SiH3])CCCCC1. The van der Waals surface area contributed by atoms with Gasteiger partial charge in [0, 0.05) is 10.2 Å². The van der Waals surface area contributed by atoms with Crippen LogP contribution in [0.4, 0.5) is 0 Å². The molecule has 0 unspecified atom stereocenters. The zero-order chi connectivity index (χ0) is 8.16. The normalized spacial score (nSPS) is 23.7. The lowest BCUT2D eigenvalue weighted by Gasteiger charge is -2.33. The zero-order valence-corrected chi connectivity index (χ0v) is 10.2. The van der Waals surface area contributed by atoms with E-state index >= 15 is 0 Å². The van der Waals surface area contributed by atoms with Gasteiger partial charge in [0.05, 0.1) is 0 Å². The van der Waals surface area contributed by atoms with E-state index < -0.39 is 0 Å². The Labute approximate surface area is 74.2 Å². The second-order valence-electron chi connectivity index (χ2n) is 4.47. The summed E-state index contributed by atoms with van der Waals surface area (Å²) in [5.41, 5.74) is 0. The molecule has 66 valence electrons. The number of unbranched alkanes of at least 4 members (excludes halogenated alkanes) is 1. The van der Waals surface area contributed by atoms with Crippen molar-refractivity contribution >= 4 is 10.2 Å². The van der Waals surface area contributed by atoms with Gasteiger partial charge < -0.3 is 0 Å². The van der Waals surface area contributed by atoms with E-state index in [4.69, 9.17) is 0 Å². The fourth-order valence-electron chi connectivity index (χ4n) is 2.26. The summed E-state index contributed by atoms with van der Waals surface area (Å²) in [5, 5.41) is 0.869. The Bertz CT molecular complexity index is 103. The molecule has 0 nitrogen and oxygen atoms in total. The maximum Gasteiger partial charge on any atom is 0.0106 e. The predicted octanol–water partition coefficient (Wildman–Crippen LogP) is 2.66. The topological polar surface area (TPSA) is 0 Å². The van der Waals surface area contributed by atoms with Crippen LogP contribution in [0.2, 0.25) is 5.04 Å². The van der Waals surface area contributed by atoms with E-state index in [0.717, 1.165) is 5.04 Å². The predicted molar refractivity (Wildman–Crippen MR) is 55.2 cm³/mol. The molecule has 0 aromatic carbocycles. The molecule has 0 N–H and O–H groups in total. The van der Waals surface area contributed by atoms with Gasteiger partial charge in [-0.05, 0) is 5.04 Å². The van der Waals surface area contributed by atoms with Crippen molar-refractivity contribution in [1.82, 2.24) is 0 Å². The van der Waals surface area contributed by atoms with Gasteiger partial charge >= 0.3 is 0 Å². The standard InChI is InChI=1S/C10H22Si/c1-2-3-7-10(11)8-5-4-6-9-10/h2-9H2,1,11H3. The fourth-order valence-corrected chi connectivity index (χ4v) is 3.32. The van der Waals surface area contributed by atoms with E-state index in [1.807, 2.05) is 0 Å². The first-order valence-corrected chi connectivity index (χ1v) is 6.27. The summed E-state index contributed by atoms with van der Waals surface area (Å²) in [5.74, 6) is 0. The minimum absolute atomic E-state index is 0.869. The molecule has 0 aromatic rings. The lowest BCUT2D eigenvalue weighted by atomic mass is 9.84. The molecule has 1 aliphatic rings. The van der Waals surface area contributed by atoms with Crippen molar-refractivity contribution in [3.63, 3.8) is 0 Å². The third-order valence-electron chi connectivity index (χ3n) is 3.19. The van der Waals surface area contributed by atoms with Crippen molar-refractivity contribution in [3.8, 4) is 0 Å². The quantitative estimate of drug-likeness (QED) is 0.571. The van der Waals surface area contributed by atoms with Crippen molar-refractivity contribution in [2.24, 2.45) is 0 Å². The molecule has 1 saturated carbocycles. The van der Waals surface area contributed by atoms with Gasteiger partial charge in [0.25, 0.3) is 0 Å². The number of hydrogen-bond acceptors (Lipinski definition) is 0. The van der Waals surface area contributed by atoms with Gasteiger partial charge in [0.1, 0.15) is 0 Å². The number of rotatable bonds is 3. The van der Waals surface area contributed by atoms with Gasteiger partial charge in [-0.2, -0.15) is 0 Å². The molecular weight excluding hydrogens is 148 g/mol. The smallest absolute Gasteiger partial charge is 0.0106 e. The Hall–Kier alpha value is 0.217. The molecule has 0 atom stereocenters. The highest BCUT2D eigenvalue weighted by molar-refractivity contribution is 6.15. The Balaban J connectivity index is 2.25. The largest absolute Gasteiger partial charge is 0.0654 e. The van der Waals surface area contributed by atoms with Gasteiger partial charge in [-0.25, -0.2) is 0 Å². The molecule has 0 saturated heterocycles. The van der Waals surface area contributed by atoms with Crippen molar-refractivity contribution in [3.05, 3.63) is 0 Å². The molecule has 1 rings (SSSR count). The molecule has 0 amide bonds. The van der Waals surface area contributed by atoms with Gasteiger partial charge in [0.15, 0.2) is 0 Å². The summed E-state index contributed by atoms with van der Waals surface area (Å²) in [4.78, 5) is 0. The third kappa shape index (κ3) is 2.98. The summed E-state index contributed by atoms with van der Waals surface area (Å²) >= 11 is 0. The maximum atomic E-state index is 2.31.